The molecule has 0 spiro atoms. The number of anilines is 1. The van der Waals surface area contributed by atoms with Gasteiger partial charge < -0.3 is 5.32 Å². The van der Waals surface area contributed by atoms with E-state index in [4.69, 9.17) is 0 Å². The van der Waals surface area contributed by atoms with Crippen molar-refractivity contribution in [2.45, 2.75) is 32.7 Å². The van der Waals surface area contributed by atoms with E-state index in [1.165, 1.54) is 10.9 Å². The van der Waals surface area contributed by atoms with Crippen LogP contribution in [0, 0.1) is 23.0 Å². The molecule has 1 aliphatic rings. The van der Waals surface area contributed by atoms with Gasteiger partial charge in [0.05, 0.1) is 4.92 Å². The quantitative estimate of drug-likeness (QED) is 0.529. The third kappa shape index (κ3) is 3.05. The van der Waals surface area contributed by atoms with Crippen molar-refractivity contribution in [3.63, 3.8) is 0 Å². The highest BCUT2D eigenvalue weighted by Crippen LogP contribution is 2.27. The van der Waals surface area contributed by atoms with Crippen molar-refractivity contribution in [3.8, 4) is 5.82 Å². The molecule has 0 bridgehead atoms. The molecule has 8 nitrogen and oxygen atoms in total. The first-order chi connectivity index (χ1) is 11.1. The zero-order valence-corrected chi connectivity index (χ0v) is 13.0. The molecule has 8 heteroatoms. The minimum absolute atomic E-state index is 0.106. The third-order valence-corrected chi connectivity index (χ3v) is 4.04. The van der Waals surface area contributed by atoms with Crippen LogP contribution < -0.4 is 5.32 Å². The van der Waals surface area contributed by atoms with Crippen molar-refractivity contribution in [3.05, 3.63) is 46.7 Å². The smallest absolute Gasteiger partial charge is 0.333 e. The number of aryl methyl sites for hydroxylation is 1. The van der Waals surface area contributed by atoms with Crippen LogP contribution in [0.4, 0.5) is 11.6 Å². The average Bonchev–Trinajstić information content (AvgIpc) is 3.03. The van der Waals surface area contributed by atoms with E-state index in [1.807, 2.05) is 0 Å². The summed E-state index contributed by atoms with van der Waals surface area (Å²) in [5.74, 6) is 1.08. The summed E-state index contributed by atoms with van der Waals surface area (Å²) in [6.45, 7) is 3.78. The van der Waals surface area contributed by atoms with Gasteiger partial charge in [-0.3, -0.25) is 14.7 Å². The Labute approximate surface area is 133 Å². The van der Waals surface area contributed by atoms with Gasteiger partial charge in [-0.15, -0.1) is 0 Å². The molecule has 1 aliphatic carbocycles. The summed E-state index contributed by atoms with van der Waals surface area (Å²) in [4.78, 5) is 23.5. The first kappa shape index (κ1) is 15.1. The van der Waals surface area contributed by atoms with Crippen LogP contribution in [-0.2, 0) is 0 Å². The Morgan fingerprint density at radius 3 is 2.78 bits per heavy atom. The number of hydrogen-bond acceptors (Lipinski definition) is 6. The maximum atomic E-state index is 11.4. The fourth-order valence-corrected chi connectivity index (χ4v) is 2.71. The van der Waals surface area contributed by atoms with E-state index >= 15 is 0 Å². The van der Waals surface area contributed by atoms with Crippen LogP contribution in [0.25, 0.3) is 5.82 Å². The Bertz CT molecular complexity index is 741. The van der Waals surface area contributed by atoms with Crippen molar-refractivity contribution in [1.29, 1.82) is 0 Å². The van der Waals surface area contributed by atoms with E-state index in [1.54, 1.807) is 19.3 Å². The van der Waals surface area contributed by atoms with Crippen molar-refractivity contribution in [2.24, 2.45) is 5.92 Å². The summed E-state index contributed by atoms with van der Waals surface area (Å²) >= 11 is 0. The number of aromatic nitrogens is 4. The number of nitro groups is 1. The highest BCUT2D eigenvalue weighted by Gasteiger charge is 2.25. The van der Waals surface area contributed by atoms with E-state index in [0.29, 0.717) is 17.6 Å². The van der Waals surface area contributed by atoms with Gasteiger partial charge in [-0.25, -0.2) is 9.97 Å². The van der Waals surface area contributed by atoms with E-state index < -0.39 is 4.92 Å². The van der Waals surface area contributed by atoms with Gasteiger partial charge in [0.15, 0.2) is 0 Å². The largest absolute Gasteiger partial charge is 0.351 e. The SMILES string of the molecule is Cc1nc(N[C@@H]2CC=CC[C@H]2C)nc(-n2ccnc2)c1[N+](=O)[O-]. The van der Waals surface area contributed by atoms with Crippen LogP contribution in [0.3, 0.4) is 0 Å². The average molecular weight is 314 g/mol. The predicted molar refractivity (Wildman–Crippen MR) is 85.5 cm³/mol. The molecule has 0 aromatic carbocycles. The van der Waals surface area contributed by atoms with Crippen LogP contribution in [0.2, 0.25) is 0 Å². The maximum absolute atomic E-state index is 11.4. The molecule has 2 aromatic heterocycles. The molecule has 23 heavy (non-hydrogen) atoms. The van der Waals surface area contributed by atoms with Crippen molar-refractivity contribution >= 4 is 11.6 Å². The Morgan fingerprint density at radius 2 is 2.13 bits per heavy atom. The molecule has 0 saturated heterocycles. The highest BCUT2D eigenvalue weighted by atomic mass is 16.6. The van der Waals surface area contributed by atoms with Crippen molar-refractivity contribution < 1.29 is 4.92 Å². The van der Waals surface area contributed by atoms with Crippen molar-refractivity contribution in [2.75, 3.05) is 5.32 Å². The molecule has 0 amide bonds. The standard InChI is InChI=1S/C15H18N6O2/c1-10-5-3-4-6-12(10)18-15-17-11(2)13(21(22)23)14(19-15)20-8-7-16-9-20/h3-4,7-10,12H,5-6H2,1-2H3,(H,17,18,19)/t10-,12-/m1/s1. The molecule has 2 aromatic rings. The predicted octanol–water partition coefficient (Wildman–Crippen LogP) is 2.65. The molecular weight excluding hydrogens is 296 g/mol. The van der Waals surface area contributed by atoms with Crippen LogP contribution in [0.1, 0.15) is 25.5 Å². The van der Waals surface area contributed by atoms with Gasteiger partial charge in [0.2, 0.25) is 11.8 Å². The first-order valence-corrected chi connectivity index (χ1v) is 7.49. The lowest BCUT2D eigenvalue weighted by molar-refractivity contribution is -0.385. The summed E-state index contributed by atoms with van der Waals surface area (Å²) in [5.41, 5.74) is 0.223. The first-order valence-electron chi connectivity index (χ1n) is 7.49. The summed E-state index contributed by atoms with van der Waals surface area (Å²) in [7, 11) is 0. The van der Waals surface area contributed by atoms with Crippen LogP contribution >= 0.6 is 0 Å². The van der Waals surface area contributed by atoms with E-state index in [-0.39, 0.29) is 17.5 Å². The van der Waals surface area contributed by atoms with Gasteiger partial charge >= 0.3 is 5.69 Å². The molecular formula is C15H18N6O2. The van der Waals surface area contributed by atoms with Gasteiger partial charge in [-0.1, -0.05) is 19.1 Å². The van der Waals surface area contributed by atoms with Gasteiger partial charge in [-0.05, 0) is 25.7 Å². The Hall–Kier alpha value is -2.77. The summed E-state index contributed by atoms with van der Waals surface area (Å²) in [6, 6.07) is 0.219. The monoisotopic (exact) mass is 314 g/mol. The lowest BCUT2D eigenvalue weighted by Crippen LogP contribution is -2.29. The minimum Gasteiger partial charge on any atom is -0.351 e. The fraction of sp³-hybridized carbons (Fsp3) is 0.400. The lowest BCUT2D eigenvalue weighted by atomic mass is 9.91. The minimum atomic E-state index is -0.458. The third-order valence-electron chi connectivity index (χ3n) is 4.04. The zero-order valence-electron chi connectivity index (χ0n) is 13.0. The van der Waals surface area contributed by atoms with Gasteiger partial charge in [-0.2, -0.15) is 4.98 Å². The molecule has 1 N–H and O–H groups in total. The Morgan fingerprint density at radius 1 is 1.35 bits per heavy atom. The van der Waals surface area contributed by atoms with Gasteiger partial charge in [0.25, 0.3) is 0 Å². The second-order valence-electron chi connectivity index (χ2n) is 5.70. The highest BCUT2D eigenvalue weighted by molar-refractivity contribution is 5.53. The second kappa shape index (κ2) is 6.15. The summed E-state index contributed by atoms with van der Waals surface area (Å²) < 4.78 is 1.53. The van der Waals surface area contributed by atoms with E-state index in [9.17, 15) is 10.1 Å². The zero-order chi connectivity index (χ0) is 16.4. The summed E-state index contributed by atoms with van der Waals surface area (Å²) in [6.07, 6.45) is 10.9. The topological polar surface area (TPSA) is 98.8 Å². The second-order valence-corrected chi connectivity index (χ2v) is 5.70. The van der Waals surface area contributed by atoms with Crippen LogP contribution in [0.5, 0.6) is 0 Å². The van der Waals surface area contributed by atoms with Crippen molar-refractivity contribution in [1.82, 2.24) is 19.5 Å². The number of nitrogens with one attached hydrogen (secondary N) is 1. The molecule has 2 atom stereocenters. The number of allylic oxidation sites excluding steroid dienone is 1. The maximum Gasteiger partial charge on any atom is 0.333 e. The lowest BCUT2D eigenvalue weighted by Gasteiger charge is -2.26. The molecule has 0 fully saturated rings. The molecule has 3 rings (SSSR count). The van der Waals surface area contributed by atoms with Crippen LogP contribution in [0.15, 0.2) is 30.9 Å². The Balaban J connectivity index is 1.99. The van der Waals surface area contributed by atoms with Gasteiger partial charge in [0, 0.05) is 18.4 Å². The molecule has 120 valence electrons. The fourth-order valence-electron chi connectivity index (χ4n) is 2.71. The molecule has 0 aliphatic heterocycles. The number of imidazole rings is 1. The number of nitrogens with zero attached hydrogens (tertiary/aromatic N) is 5. The summed E-state index contributed by atoms with van der Waals surface area (Å²) in [5, 5.41) is 14.7. The van der Waals surface area contributed by atoms with Gasteiger partial charge in [0.1, 0.15) is 12.0 Å². The van der Waals surface area contributed by atoms with E-state index in [0.717, 1.165) is 12.8 Å². The molecule has 0 unspecified atom stereocenters. The number of rotatable bonds is 4. The molecule has 0 radical (unpaired) electrons. The number of hydrogen-bond donors (Lipinski definition) is 1. The normalized spacial score (nSPS) is 20.4. The molecule has 2 heterocycles. The molecule has 0 saturated carbocycles. The Kier molecular flexibility index (Phi) is 4.05. The van der Waals surface area contributed by atoms with Crippen LogP contribution in [-0.4, -0.2) is 30.5 Å². The van der Waals surface area contributed by atoms with E-state index in [2.05, 4.69) is 39.3 Å².